The number of hydrogen-bond donors (Lipinski definition) is 1. The Morgan fingerprint density at radius 3 is 2.33 bits per heavy atom. The Balaban J connectivity index is 2.27. The van der Waals surface area contributed by atoms with Crippen molar-refractivity contribution in [3.05, 3.63) is 24.3 Å². The molecule has 1 fully saturated rings. The predicted molar refractivity (Wildman–Crippen MR) is 84.1 cm³/mol. The van der Waals surface area contributed by atoms with E-state index in [4.69, 9.17) is 10.5 Å². The zero-order chi connectivity index (χ0) is 15.6. The average Bonchev–Trinajstić information content (AvgIpc) is 2.47. The van der Waals surface area contributed by atoms with Crippen LogP contribution < -0.4 is 10.5 Å². The van der Waals surface area contributed by atoms with E-state index in [0.717, 1.165) is 12.8 Å². The van der Waals surface area contributed by atoms with Gasteiger partial charge in [-0.1, -0.05) is 13.8 Å². The fraction of sp³-hybridized carbons (Fsp3) is 0.625. The Kier molecular flexibility index (Phi) is 4.94. The molecule has 2 rings (SSSR count). The van der Waals surface area contributed by atoms with Gasteiger partial charge in [0.15, 0.2) is 9.84 Å². The summed E-state index contributed by atoms with van der Waals surface area (Å²) < 4.78 is 30.8. The van der Waals surface area contributed by atoms with Crippen LogP contribution in [0, 0.1) is 11.8 Å². The Morgan fingerprint density at radius 1 is 1.19 bits per heavy atom. The molecule has 1 aromatic rings. The van der Waals surface area contributed by atoms with Crippen LogP contribution in [-0.4, -0.2) is 26.8 Å². The van der Waals surface area contributed by atoms with E-state index >= 15 is 0 Å². The topological polar surface area (TPSA) is 69.4 Å². The van der Waals surface area contributed by atoms with Gasteiger partial charge in [-0.25, -0.2) is 8.42 Å². The van der Waals surface area contributed by atoms with E-state index in [9.17, 15) is 8.42 Å². The lowest BCUT2D eigenvalue weighted by molar-refractivity contribution is 0.261. The van der Waals surface area contributed by atoms with E-state index in [-0.39, 0.29) is 6.04 Å². The van der Waals surface area contributed by atoms with E-state index in [2.05, 4.69) is 13.8 Å². The highest BCUT2D eigenvalue weighted by Gasteiger charge is 2.38. The molecular weight excluding hydrogens is 286 g/mol. The van der Waals surface area contributed by atoms with Gasteiger partial charge in [-0.2, -0.15) is 0 Å². The monoisotopic (exact) mass is 311 g/mol. The summed E-state index contributed by atoms with van der Waals surface area (Å²) >= 11 is 0. The minimum Gasteiger partial charge on any atom is -0.497 e. The van der Waals surface area contributed by atoms with Gasteiger partial charge in [0.05, 0.1) is 17.3 Å². The molecular formula is C16H25NO3S. The first kappa shape index (κ1) is 16.3. The van der Waals surface area contributed by atoms with E-state index in [1.165, 1.54) is 0 Å². The van der Waals surface area contributed by atoms with Crippen molar-refractivity contribution in [2.75, 3.05) is 7.11 Å². The Labute approximate surface area is 127 Å². The molecule has 0 aromatic heterocycles. The number of hydrogen-bond acceptors (Lipinski definition) is 4. The van der Waals surface area contributed by atoms with Gasteiger partial charge in [-0.3, -0.25) is 0 Å². The molecule has 1 saturated carbocycles. The molecule has 1 aliphatic carbocycles. The van der Waals surface area contributed by atoms with Crippen LogP contribution in [0.2, 0.25) is 0 Å². The van der Waals surface area contributed by atoms with Crippen LogP contribution in [0.3, 0.4) is 0 Å². The predicted octanol–water partition coefficient (Wildman–Crippen LogP) is 2.62. The minimum atomic E-state index is -3.38. The minimum absolute atomic E-state index is 0.271. The molecule has 0 bridgehead atoms. The molecule has 0 radical (unpaired) electrons. The van der Waals surface area contributed by atoms with Crippen LogP contribution in [-0.2, 0) is 9.84 Å². The molecule has 3 unspecified atom stereocenters. The zero-order valence-corrected chi connectivity index (χ0v) is 13.8. The molecule has 1 aliphatic rings. The number of benzene rings is 1. The maximum Gasteiger partial charge on any atom is 0.182 e. The lowest BCUT2D eigenvalue weighted by Crippen LogP contribution is -2.45. The number of methoxy groups -OCH3 is 1. The van der Waals surface area contributed by atoms with Crippen molar-refractivity contribution >= 4 is 9.84 Å². The van der Waals surface area contributed by atoms with Crippen molar-refractivity contribution in [3.8, 4) is 5.75 Å². The van der Waals surface area contributed by atoms with Crippen LogP contribution in [0.15, 0.2) is 29.2 Å². The van der Waals surface area contributed by atoms with Crippen LogP contribution in [0.1, 0.15) is 33.1 Å². The highest BCUT2D eigenvalue weighted by molar-refractivity contribution is 7.92. The molecule has 0 aliphatic heterocycles. The maximum absolute atomic E-state index is 12.8. The van der Waals surface area contributed by atoms with E-state index < -0.39 is 15.1 Å². The van der Waals surface area contributed by atoms with Crippen LogP contribution in [0.25, 0.3) is 0 Å². The third kappa shape index (κ3) is 3.40. The van der Waals surface area contributed by atoms with Gasteiger partial charge in [0.1, 0.15) is 5.75 Å². The molecule has 0 amide bonds. The maximum atomic E-state index is 12.8. The summed E-state index contributed by atoms with van der Waals surface area (Å²) in [6.07, 6.45) is 2.46. The van der Waals surface area contributed by atoms with Crippen LogP contribution in [0.4, 0.5) is 0 Å². The molecule has 0 heterocycles. The van der Waals surface area contributed by atoms with E-state index in [1.54, 1.807) is 31.4 Å². The Hall–Kier alpha value is -1.07. The third-order valence-corrected chi connectivity index (χ3v) is 6.88. The Morgan fingerprint density at radius 2 is 1.81 bits per heavy atom. The largest absolute Gasteiger partial charge is 0.497 e. The van der Waals surface area contributed by atoms with Crippen molar-refractivity contribution in [3.63, 3.8) is 0 Å². The summed E-state index contributed by atoms with van der Waals surface area (Å²) in [5, 5.41) is -0.480. The third-order valence-electron chi connectivity index (χ3n) is 4.61. The van der Waals surface area contributed by atoms with Crippen LogP contribution >= 0.6 is 0 Å². The first-order valence-electron chi connectivity index (χ1n) is 7.49. The number of rotatable bonds is 4. The van der Waals surface area contributed by atoms with Gasteiger partial charge >= 0.3 is 0 Å². The van der Waals surface area contributed by atoms with Crippen molar-refractivity contribution < 1.29 is 13.2 Å². The van der Waals surface area contributed by atoms with Gasteiger partial charge in [0.2, 0.25) is 0 Å². The number of sulfone groups is 1. The Bertz CT molecular complexity index is 566. The molecule has 0 saturated heterocycles. The number of nitrogens with two attached hydrogens (primary N) is 1. The summed E-state index contributed by atoms with van der Waals surface area (Å²) in [7, 11) is -1.82. The van der Waals surface area contributed by atoms with Gasteiger partial charge in [0.25, 0.3) is 0 Å². The van der Waals surface area contributed by atoms with Crippen molar-refractivity contribution in [2.24, 2.45) is 17.6 Å². The standard InChI is InChI=1S/C16H25NO3S/c1-11(2)12-4-9-15(17)16(10-12)21(18,19)14-7-5-13(20-3)6-8-14/h5-8,11-12,15-16H,4,9-10,17H2,1-3H3. The van der Waals surface area contributed by atoms with Crippen molar-refractivity contribution in [1.29, 1.82) is 0 Å². The molecule has 21 heavy (non-hydrogen) atoms. The first-order chi connectivity index (χ1) is 9.86. The van der Waals surface area contributed by atoms with Crippen molar-refractivity contribution in [1.82, 2.24) is 0 Å². The molecule has 4 nitrogen and oxygen atoms in total. The average molecular weight is 311 g/mol. The molecule has 3 atom stereocenters. The normalized spacial score (nSPS) is 26.8. The smallest absolute Gasteiger partial charge is 0.182 e. The second-order valence-electron chi connectivity index (χ2n) is 6.24. The second kappa shape index (κ2) is 6.36. The van der Waals surface area contributed by atoms with Crippen LogP contribution in [0.5, 0.6) is 5.75 Å². The lowest BCUT2D eigenvalue weighted by Gasteiger charge is -2.35. The summed E-state index contributed by atoms with van der Waals surface area (Å²) in [5.41, 5.74) is 6.12. The van der Waals surface area contributed by atoms with E-state index in [0.29, 0.717) is 28.9 Å². The van der Waals surface area contributed by atoms with Gasteiger partial charge in [-0.15, -0.1) is 0 Å². The van der Waals surface area contributed by atoms with Gasteiger partial charge in [-0.05, 0) is 55.4 Å². The van der Waals surface area contributed by atoms with Gasteiger partial charge < -0.3 is 10.5 Å². The lowest BCUT2D eigenvalue weighted by atomic mass is 9.79. The fourth-order valence-corrected chi connectivity index (χ4v) is 5.05. The summed E-state index contributed by atoms with van der Waals surface area (Å²) in [5.74, 6) is 1.58. The second-order valence-corrected chi connectivity index (χ2v) is 8.41. The molecule has 2 N–H and O–H groups in total. The highest BCUT2D eigenvalue weighted by atomic mass is 32.2. The summed E-state index contributed by atoms with van der Waals surface area (Å²) in [4.78, 5) is 0.341. The summed E-state index contributed by atoms with van der Waals surface area (Å²) in [6.45, 7) is 4.30. The molecule has 5 heteroatoms. The van der Waals surface area contributed by atoms with E-state index in [1.807, 2.05) is 0 Å². The molecule has 1 aromatic carbocycles. The summed E-state index contributed by atoms with van der Waals surface area (Å²) in [6, 6.07) is 6.31. The number of ether oxygens (including phenoxy) is 1. The first-order valence-corrected chi connectivity index (χ1v) is 9.04. The molecule has 0 spiro atoms. The van der Waals surface area contributed by atoms with Crippen molar-refractivity contribution in [2.45, 2.75) is 49.3 Å². The molecule has 118 valence electrons. The highest BCUT2D eigenvalue weighted by Crippen LogP contribution is 2.35. The fourth-order valence-electron chi connectivity index (χ4n) is 3.09. The van der Waals surface area contributed by atoms with Gasteiger partial charge in [0, 0.05) is 6.04 Å². The quantitative estimate of drug-likeness (QED) is 0.928. The zero-order valence-electron chi connectivity index (χ0n) is 13.0. The SMILES string of the molecule is COc1ccc(S(=O)(=O)C2CC(C(C)C)CCC2N)cc1.